The van der Waals surface area contributed by atoms with Gasteiger partial charge in [-0.15, -0.1) is 0 Å². The van der Waals surface area contributed by atoms with Crippen molar-refractivity contribution >= 4 is 86.3 Å². The molecule has 1 aliphatic heterocycles. The van der Waals surface area contributed by atoms with Crippen LogP contribution in [0.15, 0.2) is 53.2 Å². The fourth-order valence-corrected chi connectivity index (χ4v) is 4.87. The molecule has 2 aromatic carbocycles. The molecule has 0 bridgehead atoms. The number of esters is 1. The summed E-state index contributed by atoms with van der Waals surface area (Å²) in [6.45, 7) is 1.63. The lowest BCUT2D eigenvalue weighted by atomic mass is 10.2. The number of nitrogens with one attached hydrogen (secondary N) is 2. The molecule has 0 radical (unpaired) electrons. The molecule has 9 nitrogen and oxygen atoms in total. The minimum Gasteiger partial charge on any atom is -0.465 e. The van der Waals surface area contributed by atoms with Crippen LogP contribution in [0, 0.1) is 6.92 Å². The molecule has 13 heteroatoms. The summed E-state index contributed by atoms with van der Waals surface area (Å²) in [5, 5.41) is 5.88. The largest absolute Gasteiger partial charge is 0.465 e. The molecular formula is C23H15Cl3N4O5S. The summed E-state index contributed by atoms with van der Waals surface area (Å²) in [6.07, 6.45) is 0. The fourth-order valence-electron chi connectivity index (χ4n) is 3.26. The Morgan fingerprint density at radius 3 is 2.25 bits per heavy atom. The number of carbonyl (C=O) groups excluding carboxylic acids is 4. The second-order valence-electron chi connectivity index (χ2n) is 7.34. The molecule has 0 saturated heterocycles. The molecule has 0 fully saturated rings. The molecule has 3 aromatic rings. The molecule has 4 rings (SSSR count). The Kier molecular flexibility index (Phi) is 7.32. The third-order valence-electron chi connectivity index (χ3n) is 4.94. The van der Waals surface area contributed by atoms with Crippen LogP contribution < -0.4 is 15.5 Å². The van der Waals surface area contributed by atoms with Crippen molar-refractivity contribution in [2.75, 3.05) is 22.6 Å². The molecule has 1 aliphatic rings. The van der Waals surface area contributed by atoms with Crippen LogP contribution in [-0.4, -0.2) is 35.8 Å². The molecule has 1 aromatic heterocycles. The first kappa shape index (κ1) is 25.6. The van der Waals surface area contributed by atoms with Crippen LogP contribution in [0.4, 0.5) is 16.5 Å². The number of aryl methyl sites for hydroxylation is 1. The molecule has 2 N–H and O–H groups in total. The number of hydrogen-bond acceptors (Lipinski definition) is 8. The second kappa shape index (κ2) is 10.3. The average Bonchev–Trinajstić information content (AvgIpc) is 3.29. The lowest BCUT2D eigenvalue weighted by Gasteiger charge is -2.16. The number of thiazole rings is 1. The van der Waals surface area contributed by atoms with Crippen molar-refractivity contribution in [3.63, 3.8) is 0 Å². The van der Waals surface area contributed by atoms with Gasteiger partial charge < -0.3 is 10.1 Å². The number of benzene rings is 2. The number of aromatic nitrogens is 1. The van der Waals surface area contributed by atoms with E-state index in [-0.39, 0.29) is 37.2 Å². The number of nitrogens with zero attached hydrogens (tertiary/aromatic N) is 2. The van der Waals surface area contributed by atoms with Crippen LogP contribution in [0.2, 0.25) is 10.0 Å². The standard InChI is InChI=1S/C23H15Cl3N4O5S/c1-10-18(22(34)35-2)36-23(27-10)29-19(31)11-3-5-14(6-4-11)28-17-16(26)20(32)30(21(17)33)15-8-12(24)7-13(25)9-15/h3-9,28H,1-2H3,(H,27,29,31). The minimum atomic E-state index is -0.733. The van der Waals surface area contributed by atoms with Gasteiger partial charge in [0.2, 0.25) is 0 Å². The minimum absolute atomic E-state index is 0.136. The maximum atomic E-state index is 12.9. The summed E-state index contributed by atoms with van der Waals surface area (Å²) in [7, 11) is 1.26. The summed E-state index contributed by atoms with van der Waals surface area (Å²) in [6, 6.07) is 10.4. The third-order valence-corrected chi connectivity index (χ3v) is 6.78. The zero-order valence-corrected chi connectivity index (χ0v) is 21.6. The molecule has 2 heterocycles. The van der Waals surface area contributed by atoms with Crippen molar-refractivity contribution in [2.45, 2.75) is 6.92 Å². The van der Waals surface area contributed by atoms with E-state index in [1.54, 1.807) is 6.92 Å². The quantitative estimate of drug-likeness (QED) is 0.310. The van der Waals surface area contributed by atoms with Gasteiger partial charge in [-0.1, -0.05) is 46.1 Å². The van der Waals surface area contributed by atoms with Gasteiger partial charge in [0.15, 0.2) is 5.13 Å². The third kappa shape index (κ3) is 5.07. The molecule has 0 saturated carbocycles. The van der Waals surface area contributed by atoms with E-state index in [0.29, 0.717) is 16.3 Å². The molecule has 0 aliphatic carbocycles. The van der Waals surface area contributed by atoms with Crippen molar-refractivity contribution in [3.8, 4) is 0 Å². The van der Waals surface area contributed by atoms with E-state index in [1.807, 2.05) is 0 Å². The van der Waals surface area contributed by atoms with Gasteiger partial charge in [0.05, 0.1) is 18.5 Å². The van der Waals surface area contributed by atoms with Crippen molar-refractivity contribution in [2.24, 2.45) is 0 Å². The number of rotatable bonds is 6. The molecule has 3 amide bonds. The Morgan fingerprint density at radius 1 is 1.00 bits per heavy atom. The van der Waals surface area contributed by atoms with Crippen LogP contribution in [0.1, 0.15) is 25.7 Å². The van der Waals surface area contributed by atoms with Gasteiger partial charge in [-0.2, -0.15) is 0 Å². The number of ether oxygens (including phenoxy) is 1. The highest BCUT2D eigenvalue weighted by Gasteiger charge is 2.39. The van der Waals surface area contributed by atoms with E-state index in [2.05, 4.69) is 15.6 Å². The van der Waals surface area contributed by atoms with Crippen molar-refractivity contribution < 1.29 is 23.9 Å². The predicted molar refractivity (Wildman–Crippen MR) is 138 cm³/mol. The normalized spacial score (nSPS) is 13.3. The zero-order chi connectivity index (χ0) is 26.1. The van der Waals surface area contributed by atoms with Gasteiger partial charge in [-0.3, -0.25) is 19.7 Å². The zero-order valence-electron chi connectivity index (χ0n) is 18.5. The number of imide groups is 1. The SMILES string of the molecule is COC(=O)c1sc(NC(=O)c2ccc(NC3=C(Cl)C(=O)N(c4cc(Cl)cc(Cl)c4)C3=O)cc2)nc1C. The number of hydrogen-bond donors (Lipinski definition) is 2. The number of amides is 3. The number of halogens is 3. The van der Waals surface area contributed by atoms with E-state index in [9.17, 15) is 19.2 Å². The molecule has 36 heavy (non-hydrogen) atoms. The van der Waals surface area contributed by atoms with Crippen molar-refractivity contribution in [1.82, 2.24) is 4.98 Å². The van der Waals surface area contributed by atoms with Crippen molar-refractivity contribution in [1.29, 1.82) is 0 Å². The Morgan fingerprint density at radius 2 is 1.64 bits per heavy atom. The summed E-state index contributed by atoms with van der Waals surface area (Å²) in [5.74, 6) is -2.42. The lowest BCUT2D eigenvalue weighted by molar-refractivity contribution is -0.120. The van der Waals surface area contributed by atoms with E-state index in [1.165, 1.54) is 49.6 Å². The molecule has 0 atom stereocenters. The summed E-state index contributed by atoms with van der Waals surface area (Å²) >= 11 is 19.1. The van der Waals surface area contributed by atoms with Gasteiger partial charge in [0.1, 0.15) is 15.6 Å². The van der Waals surface area contributed by atoms with E-state index in [4.69, 9.17) is 39.5 Å². The van der Waals surface area contributed by atoms with Crippen LogP contribution in [0.3, 0.4) is 0 Å². The number of carbonyl (C=O) groups is 4. The van der Waals surface area contributed by atoms with Gasteiger partial charge in [0.25, 0.3) is 17.7 Å². The maximum absolute atomic E-state index is 12.9. The first-order valence-corrected chi connectivity index (χ1v) is 12.0. The highest BCUT2D eigenvalue weighted by atomic mass is 35.5. The van der Waals surface area contributed by atoms with Crippen LogP contribution >= 0.6 is 46.1 Å². The summed E-state index contributed by atoms with van der Waals surface area (Å²) < 4.78 is 4.69. The molecule has 0 unspecified atom stereocenters. The average molecular weight is 566 g/mol. The van der Waals surface area contributed by atoms with Gasteiger partial charge in [-0.25, -0.2) is 14.7 Å². The van der Waals surface area contributed by atoms with Crippen LogP contribution in [-0.2, 0) is 14.3 Å². The Labute approximate surface area is 223 Å². The summed E-state index contributed by atoms with van der Waals surface area (Å²) in [5.41, 5.74) is 1.18. The lowest BCUT2D eigenvalue weighted by Crippen LogP contribution is -2.32. The fraction of sp³-hybridized carbons (Fsp3) is 0.0870. The maximum Gasteiger partial charge on any atom is 0.350 e. The predicted octanol–water partition coefficient (Wildman–Crippen LogP) is 5.23. The second-order valence-corrected chi connectivity index (χ2v) is 9.59. The summed E-state index contributed by atoms with van der Waals surface area (Å²) in [4.78, 5) is 55.2. The van der Waals surface area contributed by atoms with E-state index >= 15 is 0 Å². The van der Waals surface area contributed by atoms with Crippen LogP contribution in [0.25, 0.3) is 0 Å². The highest BCUT2D eigenvalue weighted by Crippen LogP contribution is 2.33. The molecule has 0 spiro atoms. The van der Waals surface area contributed by atoms with Crippen LogP contribution in [0.5, 0.6) is 0 Å². The smallest absolute Gasteiger partial charge is 0.350 e. The number of anilines is 3. The first-order chi connectivity index (χ1) is 17.1. The van der Waals surface area contributed by atoms with Gasteiger partial charge >= 0.3 is 5.97 Å². The highest BCUT2D eigenvalue weighted by molar-refractivity contribution is 7.17. The van der Waals surface area contributed by atoms with Gasteiger partial charge in [-0.05, 0) is 49.4 Å². The monoisotopic (exact) mass is 564 g/mol. The number of methoxy groups -OCH3 is 1. The van der Waals surface area contributed by atoms with E-state index < -0.39 is 23.7 Å². The molecular weight excluding hydrogens is 551 g/mol. The van der Waals surface area contributed by atoms with Crippen molar-refractivity contribution in [3.05, 3.63) is 79.4 Å². The Hall–Kier alpha value is -3.44. The van der Waals surface area contributed by atoms with E-state index in [0.717, 1.165) is 16.2 Å². The Balaban J connectivity index is 1.47. The van der Waals surface area contributed by atoms with Gasteiger partial charge in [0, 0.05) is 21.3 Å². The topological polar surface area (TPSA) is 118 Å². The first-order valence-electron chi connectivity index (χ1n) is 10.1. The Bertz CT molecular complexity index is 1430. The molecule has 184 valence electrons.